The summed E-state index contributed by atoms with van der Waals surface area (Å²) in [6.07, 6.45) is 1.60. The molecule has 2 aromatic rings. The molecule has 0 atom stereocenters. The average molecular weight is 203 g/mol. The molecule has 0 aliphatic rings. The summed E-state index contributed by atoms with van der Waals surface area (Å²) >= 11 is 0. The fraction of sp³-hybridized carbons (Fsp3) is 0. The maximum atomic E-state index is 13.1. The monoisotopic (exact) mass is 203 g/mol. The standard InChI is InChI=1S/C11H10FN3/c12-8-4-7(5-9(13)6-8)11-10(14)2-1-3-15-11/h1-6H,13-14H2. The first-order valence-corrected chi connectivity index (χ1v) is 4.44. The number of hydrogen-bond acceptors (Lipinski definition) is 3. The number of pyridine rings is 1. The highest BCUT2D eigenvalue weighted by Gasteiger charge is 2.05. The third-order valence-corrected chi connectivity index (χ3v) is 2.03. The minimum Gasteiger partial charge on any atom is -0.399 e. The van der Waals surface area contributed by atoms with Crippen LogP contribution in [0.15, 0.2) is 36.5 Å². The molecule has 0 saturated carbocycles. The van der Waals surface area contributed by atoms with Crippen molar-refractivity contribution < 1.29 is 4.39 Å². The van der Waals surface area contributed by atoms with Crippen LogP contribution in [0.2, 0.25) is 0 Å². The molecule has 0 saturated heterocycles. The van der Waals surface area contributed by atoms with Crippen LogP contribution in [0.1, 0.15) is 0 Å². The molecular weight excluding hydrogens is 193 g/mol. The quantitative estimate of drug-likeness (QED) is 0.697. The van der Waals surface area contributed by atoms with Gasteiger partial charge in [0.2, 0.25) is 0 Å². The second-order valence-electron chi connectivity index (χ2n) is 3.21. The van der Waals surface area contributed by atoms with Crippen LogP contribution < -0.4 is 11.5 Å². The third kappa shape index (κ3) is 1.88. The van der Waals surface area contributed by atoms with Crippen molar-refractivity contribution in [2.24, 2.45) is 0 Å². The molecule has 1 aromatic carbocycles. The molecule has 0 bridgehead atoms. The molecule has 4 N–H and O–H groups in total. The first-order chi connectivity index (χ1) is 7.16. The van der Waals surface area contributed by atoms with E-state index < -0.39 is 5.82 Å². The zero-order valence-electron chi connectivity index (χ0n) is 7.94. The molecule has 0 radical (unpaired) electrons. The summed E-state index contributed by atoms with van der Waals surface area (Å²) in [6.45, 7) is 0. The van der Waals surface area contributed by atoms with Gasteiger partial charge in [-0.05, 0) is 30.3 Å². The first kappa shape index (κ1) is 9.45. The van der Waals surface area contributed by atoms with E-state index in [2.05, 4.69) is 4.98 Å². The largest absolute Gasteiger partial charge is 0.399 e. The van der Waals surface area contributed by atoms with Crippen molar-refractivity contribution in [3.63, 3.8) is 0 Å². The number of aromatic nitrogens is 1. The molecule has 0 unspecified atom stereocenters. The van der Waals surface area contributed by atoms with E-state index in [1.54, 1.807) is 24.4 Å². The van der Waals surface area contributed by atoms with Crippen molar-refractivity contribution in [3.8, 4) is 11.3 Å². The minimum atomic E-state index is -0.393. The lowest BCUT2D eigenvalue weighted by Gasteiger charge is -2.05. The number of hydrogen-bond donors (Lipinski definition) is 2. The number of benzene rings is 1. The van der Waals surface area contributed by atoms with Gasteiger partial charge in [0.05, 0.1) is 11.4 Å². The lowest BCUT2D eigenvalue weighted by atomic mass is 10.1. The maximum absolute atomic E-state index is 13.1. The normalized spacial score (nSPS) is 10.2. The van der Waals surface area contributed by atoms with E-state index >= 15 is 0 Å². The molecule has 0 fully saturated rings. The zero-order valence-corrected chi connectivity index (χ0v) is 7.94. The van der Waals surface area contributed by atoms with Crippen molar-refractivity contribution >= 4 is 11.4 Å². The molecule has 15 heavy (non-hydrogen) atoms. The third-order valence-electron chi connectivity index (χ3n) is 2.03. The molecule has 3 nitrogen and oxygen atoms in total. The molecule has 76 valence electrons. The topological polar surface area (TPSA) is 64.9 Å². The van der Waals surface area contributed by atoms with E-state index in [0.29, 0.717) is 22.6 Å². The highest BCUT2D eigenvalue weighted by molar-refractivity contribution is 5.74. The first-order valence-electron chi connectivity index (χ1n) is 4.44. The van der Waals surface area contributed by atoms with Gasteiger partial charge in [0.1, 0.15) is 5.82 Å². The van der Waals surface area contributed by atoms with Gasteiger partial charge >= 0.3 is 0 Å². The molecule has 1 heterocycles. The van der Waals surface area contributed by atoms with Gasteiger partial charge < -0.3 is 11.5 Å². The van der Waals surface area contributed by atoms with E-state index in [-0.39, 0.29) is 0 Å². The average Bonchev–Trinajstić information content (AvgIpc) is 2.16. The van der Waals surface area contributed by atoms with E-state index in [9.17, 15) is 4.39 Å². The Hall–Kier alpha value is -2.10. The summed E-state index contributed by atoms with van der Waals surface area (Å²) in [5.41, 5.74) is 13.3. The number of rotatable bonds is 1. The van der Waals surface area contributed by atoms with E-state index in [1.165, 1.54) is 12.1 Å². The number of anilines is 2. The number of nitrogens with two attached hydrogens (primary N) is 2. The van der Waals surface area contributed by atoms with Crippen LogP contribution in [-0.4, -0.2) is 4.98 Å². The Morgan fingerprint density at radius 1 is 1.13 bits per heavy atom. The van der Waals surface area contributed by atoms with Crippen LogP contribution in [0.3, 0.4) is 0 Å². The molecule has 1 aromatic heterocycles. The predicted octanol–water partition coefficient (Wildman–Crippen LogP) is 2.05. The van der Waals surface area contributed by atoms with Crippen LogP contribution >= 0.6 is 0 Å². The van der Waals surface area contributed by atoms with Crippen LogP contribution in [0, 0.1) is 5.82 Å². The SMILES string of the molecule is Nc1cc(F)cc(-c2ncccc2N)c1. The summed E-state index contributed by atoms with van der Waals surface area (Å²) in [5.74, 6) is -0.393. The van der Waals surface area contributed by atoms with Crippen LogP contribution in [0.5, 0.6) is 0 Å². The van der Waals surface area contributed by atoms with Gasteiger partial charge in [0, 0.05) is 17.4 Å². The summed E-state index contributed by atoms with van der Waals surface area (Å²) in [4.78, 5) is 4.08. The van der Waals surface area contributed by atoms with Gasteiger partial charge in [0.15, 0.2) is 0 Å². The lowest BCUT2D eigenvalue weighted by Crippen LogP contribution is -1.94. The van der Waals surface area contributed by atoms with Crippen molar-refractivity contribution in [1.29, 1.82) is 0 Å². The van der Waals surface area contributed by atoms with E-state index in [1.807, 2.05) is 0 Å². The lowest BCUT2D eigenvalue weighted by molar-refractivity contribution is 0.629. The predicted molar refractivity (Wildman–Crippen MR) is 58.5 cm³/mol. The van der Waals surface area contributed by atoms with Crippen molar-refractivity contribution in [2.75, 3.05) is 11.5 Å². The smallest absolute Gasteiger partial charge is 0.125 e. The summed E-state index contributed by atoms with van der Waals surface area (Å²) in [7, 11) is 0. The Morgan fingerprint density at radius 2 is 1.93 bits per heavy atom. The summed E-state index contributed by atoms with van der Waals surface area (Å²) in [6, 6.07) is 7.68. The van der Waals surface area contributed by atoms with E-state index in [0.717, 1.165) is 0 Å². The Kier molecular flexibility index (Phi) is 2.25. The van der Waals surface area contributed by atoms with Gasteiger partial charge in [-0.1, -0.05) is 0 Å². The van der Waals surface area contributed by atoms with Gasteiger partial charge in [-0.15, -0.1) is 0 Å². The Morgan fingerprint density at radius 3 is 2.60 bits per heavy atom. The molecular formula is C11H10FN3. The van der Waals surface area contributed by atoms with Gasteiger partial charge in [0.25, 0.3) is 0 Å². The molecule has 0 amide bonds. The van der Waals surface area contributed by atoms with Gasteiger partial charge in [-0.25, -0.2) is 4.39 Å². The fourth-order valence-electron chi connectivity index (χ4n) is 1.41. The van der Waals surface area contributed by atoms with Crippen LogP contribution in [0.25, 0.3) is 11.3 Å². The number of halogens is 1. The maximum Gasteiger partial charge on any atom is 0.125 e. The molecule has 0 aliphatic heterocycles. The zero-order chi connectivity index (χ0) is 10.8. The van der Waals surface area contributed by atoms with Gasteiger partial charge in [-0.3, -0.25) is 4.98 Å². The van der Waals surface area contributed by atoms with Crippen molar-refractivity contribution in [2.45, 2.75) is 0 Å². The van der Waals surface area contributed by atoms with E-state index in [4.69, 9.17) is 11.5 Å². The molecule has 0 aliphatic carbocycles. The van der Waals surface area contributed by atoms with Gasteiger partial charge in [-0.2, -0.15) is 0 Å². The number of nitrogen functional groups attached to an aromatic ring is 2. The molecule has 4 heteroatoms. The summed E-state index contributed by atoms with van der Waals surface area (Å²) < 4.78 is 13.1. The minimum absolute atomic E-state index is 0.357. The van der Waals surface area contributed by atoms with Crippen LogP contribution in [-0.2, 0) is 0 Å². The second kappa shape index (κ2) is 3.57. The Bertz CT molecular complexity index is 477. The highest BCUT2D eigenvalue weighted by Crippen LogP contribution is 2.25. The fourth-order valence-corrected chi connectivity index (χ4v) is 1.41. The Labute approximate surface area is 86.6 Å². The summed E-state index contributed by atoms with van der Waals surface area (Å²) in [5, 5.41) is 0. The van der Waals surface area contributed by atoms with Crippen LogP contribution in [0.4, 0.5) is 15.8 Å². The highest BCUT2D eigenvalue weighted by atomic mass is 19.1. The molecule has 0 spiro atoms. The van der Waals surface area contributed by atoms with Crippen molar-refractivity contribution in [1.82, 2.24) is 4.98 Å². The van der Waals surface area contributed by atoms with Crippen molar-refractivity contribution in [3.05, 3.63) is 42.3 Å². The molecule has 2 rings (SSSR count). The Balaban J connectivity index is 2.59. The number of nitrogens with zero attached hydrogens (tertiary/aromatic N) is 1. The second-order valence-corrected chi connectivity index (χ2v) is 3.21.